The molecular weight excluding hydrogens is 269 g/mol. The Balaban J connectivity index is 2.35. The van der Waals surface area contributed by atoms with Crippen molar-refractivity contribution >= 4 is 16.9 Å². The van der Waals surface area contributed by atoms with Crippen LogP contribution in [0.3, 0.4) is 0 Å². The van der Waals surface area contributed by atoms with Crippen LogP contribution in [0.15, 0.2) is 42.5 Å². The Morgan fingerprint density at radius 1 is 1.14 bits per heavy atom. The van der Waals surface area contributed by atoms with Crippen LogP contribution in [0.4, 0.5) is 4.39 Å². The van der Waals surface area contributed by atoms with Gasteiger partial charge in [-0.15, -0.1) is 0 Å². The topological polar surface area (TPSA) is 42.2 Å². The zero-order chi connectivity index (χ0) is 15.1. The Morgan fingerprint density at radius 2 is 1.90 bits per heavy atom. The molecule has 0 spiro atoms. The van der Waals surface area contributed by atoms with Crippen LogP contribution < -0.4 is 0 Å². The van der Waals surface area contributed by atoms with E-state index >= 15 is 0 Å². The van der Waals surface area contributed by atoms with E-state index in [1.807, 2.05) is 31.2 Å². The number of carbonyl (C=O) groups is 1. The van der Waals surface area contributed by atoms with Gasteiger partial charge in [0.1, 0.15) is 11.5 Å². The molecule has 1 aromatic heterocycles. The van der Waals surface area contributed by atoms with Crippen LogP contribution in [0.2, 0.25) is 0 Å². The maximum Gasteiger partial charge on any atom is 0.352 e. The monoisotopic (exact) mass is 283 g/mol. The number of para-hydroxylation sites is 1. The van der Waals surface area contributed by atoms with E-state index in [1.54, 1.807) is 23.7 Å². The number of carboxylic acid groups (broad SMARTS) is 1. The van der Waals surface area contributed by atoms with Crippen molar-refractivity contribution in [1.29, 1.82) is 0 Å². The van der Waals surface area contributed by atoms with Gasteiger partial charge in [0.15, 0.2) is 0 Å². The normalized spacial score (nSPS) is 11.0. The molecule has 0 bridgehead atoms. The number of aromatic nitrogens is 1. The number of rotatable bonds is 2. The fourth-order valence-electron chi connectivity index (χ4n) is 2.68. The molecule has 1 heterocycles. The minimum Gasteiger partial charge on any atom is -0.477 e. The minimum absolute atomic E-state index is 0.185. The molecule has 2 aromatic carbocycles. The van der Waals surface area contributed by atoms with Crippen molar-refractivity contribution in [2.75, 3.05) is 0 Å². The summed E-state index contributed by atoms with van der Waals surface area (Å²) in [5, 5.41) is 10.0. The molecule has 3 rings (SSSR count). The predicted octanol–water partition coefficient (Wildman–Crippen LogP) is 3.99. The van der Waals surface area contributed by atoms with E-state index in [9.17, 15) is 14.3 Å². The molecule has 0 aliphatic carbocycles. The molecule has 0 radical (unpaired) electrons. The van der Waals surface area contributed by atoms with E-state index in [0.29, 0.717) is 11.1 Å². The number of hydrogen-bond acceptors (Lipinski definition) is 1. The third kappa shape index (κ3) is 2.09. The Kier molecular flexibility index (Phi) is 3.01. The molecule has 4 heteroatoms. The van der Waals surface area contributed by atoms with Crippen LogP contribution in [0.1, 0.15) is 16.1 Å². The first-order valence-corrected chi connectivity index (χ1v) is 6.57. The molecule has 3 nitrogen and oxygen atoms in total. The van der Waals surface area contributed by atoms with E-state index in [2.05, 4.69) is 0 Å². The van der Waals surface area contributed by atoms with Gasteiger partial charge in [-0.05, 0) is 24.6 Å². The zero-order valence-electron chi connectivity index (χ0n) is 11.7. The van der Waals surface area contributed by atoms with Gasteiger partial charge in [0, 0.05) is 23.6 Å². The lowest BCUT2D eigenvalue weighted by Gasteiger charge is -2.09. The number of fused-ring (bicyclic) bond motifs is 1. The largest absolute Gasteiger partial charge is 0.477 e. The van der Waals surface area contributed by atoms with Crippen molar-refractivity contribution in [2.24, 2.45) is 7.05 Å². The molecular formula is C17H14FNO2. The minimum atomic E-state index is -0.996. The molecule has 0 fully saturated rings. The first kappa shape index (κ1) is 13.4. The maximum absolute atomic E-state index is 14.2. The van der Waals surface area contributed by atoms with Gasteiger partial charge in [-0.2, -0.15) is 0 Å². The van der Waals surface area contributed by atoms with Crippen LogP contribution in [0, 0.1) is 12.7 Å². The first-order valence-electron chi connectivity index (χ1n) is 6.57. The van der Waals surface area contributed by atoms with Gasteiger partial charge in [-0.25, -0.2) is 9.18 Å². The molecule has 106 valence electrons. The van der Waals surface area contributed by atoms with E-state index in [-0.39, 0.29) is 11.5 Å². The lowest BCUT2D eigenvalue weighted by Crippen LogP contribution is -2.04. The number of aryl methyl sites for hydroxylation is 2. The predicted molar refractivity (Wildman–Crippen MR) is 80.0 cm³/mol. The van der Waals surface area contributed by atoms with Gasteiger partial charge in [-0.1, -0.05) is 30.3 Å². The second-order valence-electron chi connectivity index (χ2n) is 5.12. The quantitative estimate of drug-likeness (QED) is 0.772. The third-order valence-electron chi connectivity index (χ3n) is 3.69. The van der Waals surface area contributed by atoms with Gasteiger partial charge >= 0.3 is 5.97 Å². The van der Waals surface area contributed by atoms with Gasteiger partial charge in [0.25, 0.3) is 0 Å². The smallest absolute Gasteiger partial charge is 0.352 e. The number of aromatic carboxylic acids is 1. The Morgan fingerprint density at radius 3 is 2.57 bits per heavy atom. The van der Waals surface area contributed by atoms with Crippen LogP contribution in [0.5, 0.6) is 0 Å². The van der Waals surface area contributed by atoms with E-state index in [4.69, 9.17) is 0 Å². The molecule has 0 aliphatic heterocycles. The fourth-order valence-corrected chi connectivity index (χ4v) is 2.68. The van der Waals surface area contributed by atoms with Crippen LogP contribution in [-0.2, 0) is 7.05 Å². The van der Waals surface area contributed by atoms with Crippen molar-refractivity contribution in [2.45, 2.75) is 6.92 Å². The van der Waals surface area contributed by atoms with Crippen molar-refractivity contribution in [3.05, 3.63) is 59.5 Å². The average molecular weight is 283 g/mol. The van der Waals surface area contributed by atoms with Gasteiger partial charge < -0.3 is 9.67 Å². The summed E-state index contributed by atoms with van der Waals surface area (Å²) in [5.41, 5.74) is 2.92. The van der Waals surface area contributed by atoms with Crippen molar-refractivity contribution in [1.82, 2.24) is 4.57 Å². The Labute approximate surface area is 121 Å². The second-order valence-corrected chi connectivity index (χ2v) is 5.12. The molecule has 0 atom stereocenters. The van der Waals surface area contributed by atoms with E-state index < -0.39 is 5.97 Å². The maximum atomic E-state index is 14.2. The SMILES string of the molecule is Cc1ccc(-c2cccc3cc(C(=O)O)n(C)c23)c(F)c1. The number of carboxylic acids is 1. The standard InChI is InChI=1S/C17H14FNO2/c1-10-6-7-12(14(18)8-10)13-5-3-4-11-9-15(17(20)21)19(2)16(11)13/h3-9H,1-2H3,(H,20,21). The highest BCUT2D eigenvalue weighted by Crippen LogP contribution is 2.32. The third-order valence-corrected chi connectivity index (χ3v) is 3.69. The highest BCUT2D eigenvalue weighted by atomic mass is 19.1. The van der Waals surface area contributed by atoms with E-state index in [1.165, 1.54) is 6.07 Å². The lowest BCUT2D eigenvalue weighted by molar-refractivity contribution is 0.0687. The molecule has 0 saturated heterocycles. The summed E-state index contributed by atoms with van der Waals surface area (Å²) in [7, 11) is 1.68. The van der Waals surface area contributed by atoms with E-state index in [0.717, 1.165) is 16.5 Å². The van der Waals surface area contributed by atoms with Crippen LogP contribution >= 0.6 is 0 Å². The fraction of sp³-hybridized carbons (Fsp3) is 0.118. The molecule has 0 saturated carbocycles. The molecule has 0 amide bonds. The molecule has 3 aromatic rings. The Bertz CT molecular complexity index is 865. The summed E-state index contributed by atoms with van der Waals surface area (Å²) in [5.74, 6) is -1.30. The zero-order valence-corrected chi connectivity index (χ0v) is 11.7. The highest BCUT2D eigenvalue weighted by Gasteiger charge is 2.16. The lowest BCUT2D eigenvalue weighted by atomic mass is 10.0. The average Bonchev–Trinajstić information content (AvgIpc) is 2.77. The summed E-state index contributed by atoms with van der Waals surface area (Å²) in [6.45, 7) is 1.83. The number of nitrogens with zero attached hydrogens (tertiary/aromatic N) is 1. The summed E-state index contributed by atoms with van der Waals surface area (Å²) in [6.07, 6.45) is 0. The Hall–Kier alpha value is -2.62. The van der Waals surface area contributed by atoms with Crippen LogP contribution in [-0.4, -0.2) is 15.6 Å². The summed E-state index contributed by atoms with van der Waals surface area (Å²) < 4.78 is 15.8. The van der Waals surface area contributed by atoms with Crippen molar-refractivity contribution in [3.63, 3.8) is 0 Å². The van der Waals surface area contributed by atoms with Gasteiger partial charge in [0.05, 0.1) is 5.52 Å². The van der Waals surface area contributed by atoms with Crippen molar-refractivity contribution in [3.8, 4) is 11.1 Å². The van der Waals surface area contributed by atoms with Gasteiger partial charge in [-0.3, -0.25) is 0 Å². The number of benzene rings is 2. The number of halogens is 1. The first-order chi connectivity index (χ1) is 9.99. The summed E-state index contributed by atoms with van der Waals surface area (Å²) in [6, 6.07) is 12.1. The molecule has 0 unspecified atom stereocenters. The summed E-state index contributed by atoms with van der Waals surface area (Å²) >= 11 is 0. The molecule has 0 aliphatic rings. The summed E-state index contributed by atoms with van der Waals surface area (Å²) in [4.78, 5) is 11.3. The second kappa shape index (κ2) is 4.74. The highest BCUT2D eigenvalue weighted by molar-refractivity contribution is 6.00. The number of hydrogen-bond donors (Lipinski definition) is 1. The molecule has 21 heavy (non-hydrogen) atoms. The molecule has 1 N–H and O–H groups in total. The van der Waals surface area contributed by atoms with Crippen LogP contribution in [0.25, 0.3) is 22.0 Å². The van der Waals surface area contributed by atoms with Crippen molar-refractivity contribution < 1.29 is 14.3 Å². The van der Waals surface area contributed by atoms with Gasteiger partial charge in [0.2, 0.25) is 0 Å².